The third-order valence-electron chi connectivity index (χ3n) is 2.20. The summed E-state index contributed by atoms with van der Waals surface area (Å²) in [7, 11) is 0. The number of hydrogen-bond donors (Lipinski definition) is 3. The SMILES string of the molecule is Cc1cc(N=Nc2c(N)n[nH]c2N)ccc1Br. The van der Waals surface area contributed by atoms with Crippen LogP contribution in [0.1, 0.15) is 5.56 Å². The van der Waals surface area contributed by atoms with Crippen LogP contribution >= 0.6 is 15.9 Å². The third kappa shape index (κ3) is 2.44. The van der Waals surface area contributed by atoms with Gasteiger partial charge in [-0.15, -0.1) is 5.11 Å². The first kappa shape index (κ1) is 11.6. The Balaban J connectivity index is 2.29. The van der Waals surface area contributed by atoms with E-state index < -0.39 is 0 Å². The molecule has 0 saturated heterocycles. The van der Waals surface area contributed by atoms with Gasteiger partial charge in [0.15, 0.2) is 11.5 Å². The normalized spacial score (nSPS) is 11.2. The summed E-state index contributed by atoms with van der Waals surface area (Å²) in [6.07, 6.45) is 0. The highest BCUT2D eigenvalue weighted by molar-refractivity contribution is 9.10. The molecule has 2 aromatic rings. The van der Waals surface area contributed by atoms with Crippen LogP contribution in [0.3, 0.4) is 0 Å². The lowest BCUT2D eigenvalue weighted by Crippen LogP contribution is -1.84. The minimum Gasteiger partial charge on any atom is -0.382 e. The Morgan fingerprint density at radius 1 is 1.29 bits per heavy atom. The van der Waals surface area contributed by atoms with Gasteiger partial charge in [-0.05, 0) is 30.7 Å². The van der Waals surface area contributed by atoms with Crippen molar-refractivity contribution in [1.29, 1.82) is 0 Å². The minimum atomic E-state index is 0.236. The smallest absolute Gasteiger partial charge is 0.175 e. The van der Waals surface area contributed by atoms with Gasteiger partial charge in [-0.3, -0.25) is 5.10 Å². The van der Waals surface area contributed by atoms with Gasteiger partial charge in [0.2, 0.25) is 0 Å². The molecular weight excluding hydrogens is 284 g/mol. The zero-order valence-electron chi connectivity index (χ0n) is 9.11. The Bertz CT molecular complexity index is 555. The van der Waals surface area contributed by atoms with Crippen molar-refractivity contribution in [2.75, 3.05) is 11.5 Å². The van der Waals surface area contributed by atoms with Crippen molar-refractivity contribution in [3.05, 3.63) is 28.2 Å². The van der Waals surface area contributed by atoms with Crippen LogP contribution in [0.15, 0.2) is 32.9 Å². The molecule has 0 aliphatic rings. The highest BCUT2D eigenvalue weighted by Crippen LogP contribution is 2.29. The van der Waals surface area contributed by atoms with Gasteiger partial charge in [0, 0.05) is 4.47 Å². The van der Waals surface area contributed by atoms with E-state index in [0.29, 0.717) is 11.5 Å². The number of aromatic amines is 1. The van der Waals surface area contributed by atoms with Crippen LogP contribution in [0.5, 0.6) is 0 Å². The fourth-order valence-corrected chi connectivity index (χ4v) is 1.51. The summed E-state index contributed by atoms with van der Waals surface area (Å²) in [6, 6.07) is 5.65. The summed E-state index contributed by atoms with van der Waals surface area (Å²) in [6.45, 7) is 1.98. The molecule has 1 aromatic carbocycles. The number of hydrogen-bond acceptors (Lipinski definition) is 5. The molecule has 7 heteroatoms. The molecule has 0 atom stereocenters. The lowest BCUT2D eigenvalue weighted by atomic mass is 10.2. The Labute approximate surface area is 106 Å². The van der Waals surface area contributed by atoms with Crippen LogP contribution in [0, 0.1) is 6.92 Å². The maximum Gasteiger partial charge on any atom is 0.175 e. The van der Waals surface area contributed by atoms with Gasteiger partial charge in [0.1, 0.15) is 5.82 Å². The Morgan fingerprint density at radius 2 is 2.06 bits per heavy atom. The maximum atomic E-state index is 5.60. The number of azo groups is 1. The second-order valence-corrected chi connectivity index (χ2v) is 4.36. The van der Waals surface area contributed by atoms with Gasteiger partial charge in [0.05, 0.1) is 5.69 Å². The van der Waals surface area contributed by atoms with Crippen LogP contribution in [0.4, 0.5) is 23.0 Å². The topological polar surface area (TPSA) is 105 Å². The fourth-order valence-electron chi connectivity index (χ4n) is 1.27. The van der Waals surface area contributed by atoms with Gasteiger partial charge in [0.25, 0.3) is 0 Å². The van der Waals surface area contributed by atoms with Crippen molar-refractivity contribution in [3.63, 3.8) is 0 Å². The number of nitrogens with one attached hydrogen (secondary N) is 1. The number of anilines is 2. The highest BCUT2D eigenvalue weighted by atomic mass is 79.9. The van der Waals surface area contributed by atoms with Crippen molar-refractivity contribution in [3.8, 4) is 0 Å². The van der Waals surface area contributed by atoms with Crippen LogP contribution < -0.4 is 11.5 Å². The Kier molecular flexibility index (Phi) is 3.10. The van der Waals surface area contributed by atoms with Gasteiger partial charge in [-0.2, -0.15) is 10.2 Å². The lowest BCUT2D eigenvalue weighted by molar-refractivity contribution is 1.11. The number of H-pyrrole nitrogens is 1. The summed E-state index contributed by atoms with van der Waals surface area (Å²) in [4.78, 5) is 0. The van der Waals surface area contributed by atoms with E-state index in [1.54, 1.807) is 0 Å². The van der Waals surface area contributed by atoms with Crippen LogP contribution in [0.2, 0.25) is 0 Å². The zero-order chi connectivity index (χ0) is 12.4. The van der Waals surface area contributed by atoms with E-state index >= 15 is 0 Å². The number of benzene rings is 1. The van der Waals surface area contributed by atoms with Gasteiger partial charge < -0.3 is 11.5 Å². The molecule has 0 aliphatic carbocycles. The fraction of sp³-hybridized carbons (Fsp3) is 0.100. The molecule has 0 bridgehead atoms. The van der Waals surface area contributed by atoms with Gasteiger partial charge in [-0.25, -0.2) is 0 Å². The first-order chi connectivity index (χ1) is 8.08. The zero-order valence-corrected chi connectivity index (χ0v) is 10.7. The lowest BCUT2D eigenvalue weighted by Gasteiger charge is -1.98. The second-order valence-electron chi connectivity index (χ2n) is 3.50. The van der Waals surface area contributed by atoms with Crippen LogP contribution in [0.25, 0.3) is 0 Å². The van der Waals surface area contributed by atoms with E-state index in [1.807, 2.05) is 25.1 Å². The second kappa shape index (κ2) is 4.54. The number of nitrogens with two attached hydrogens (primary N) is 2. The monoisotopic (exact) mass is 294 g/mol. The molecule has 2 rings (SSSR count). The molecule has 0 fully saturated rings. The van der Waals surface area contributed by atoms with E-state index in [2.05, 4.69) is 36.4 Å². The number of nitrogens with zero attached hydrogens (tertiary/aromatic N) is 3. The average molecular weight is 295 g/mol. The molecule has 6 nitrogen and oxygen atoms in total. The predicted octanol–water partition coefficient (Wildman–Crippen LogP) is 3.06. The maximum absolute atomic E-state index is 5.60. The molecule has 0 unspecified atom stereocenters. The van der Waals surface area contributed by atoms with Gasteiger partial charge >= 0.3 is 0 Å². The molecule has 0 amide bonds. The van der Waals surface area contributed by atoms with Crippen molar-refractivity contribution >= 4 is 38.9 Å². The van der Waals surface area contributed by atoms with Crippen molar-refractivity contribution in [1.82, 2.24) is 10.2 Å². The van der Waals surface area contributed by atoms with Crippen LogP contribution in [-0.4, -0.2) is 10.2 Å². The summed E-state index contributed by atoms with van der Waals surface area (Å²) < 4.78 is 1.03. The molecule has 0 spiro atoms. The molecule has 0 saturated carbocycles. The van der Waals surface area contributed by atoms with Crippen molar-refractivity contribution in [2.24, 2.45) is 10.2 Å². The van der Waals surface area contributed by atoms with Crippen molar-refractivity contribution in [2.45, 2.75) is 6.92 Å². The molecule has 0 aliphatic heterocycles. The molecule has 88 valence electrons. The van der Waals surface area contributed by atoms with Crippen molar-refractivity contribution < 1.29 is 0 Å². The molecule has 17 heavy (non-hydrogen) atoms. The molecule has 0 radical (unpaired) electrons. The number of aromatic nitrogens is 2. The third-order valence-corrected chi connectivity index (χ3v) is 3.09. The predicted molar refractivity (Wildman–Crippen MR) is 70.5 cm³/mol. The van der Waals surface area contributed by atoms with E-state index in [1.165, 1.54) is 0 Å². The molecular formula is C10H11BrN6. The summed E-state index contributed by atoms with van der Waals surface area (Å²) in [5, 5.41) is 14.3. The molecule has 1 aromatic heterocycles. The highest BCUT2D eigenvalue weighted by Gasteiger charge is 2.06. The van der Waals surface area contributed by atoms with Gasteiger partial charge in [-0.1, -0.05) is 15.9 Å². The van der Waals surface area contributed by atoms with E-state index in [4.69, 9.17) is 11.5 Å². The van der Waals surface area contributed by atoms with E-state index in [-0.39, 0.29) is 5.82 Å². The first-order valence-electron chi connectivity index (χ1n) is 4.85. The van der Waals surface area contributed by atoms with Crippen LogP contribution in [-0.2, 0) is 0 Å². The van der Waals surface area contributed by atoms with E-state index in [9.17, 15) is 0 Å². The quantitative estimate of drug-likeness (QED) is 0.741. The minimum absolute atomic E-state index is 0.236. The number of nitrogen functional groups attached to an aromatic ring is 2. The molecule has 5 N–H and O–H groups in total. The average Bonchev–Trinajstić information content (AvgIpc) is 2.61. The first-order valence-corrected chi connectivity index (χ1v) is 5.64. The van der Waals surface area contributed by atoms with E-state index in [0.717, 1.165) is 15.7 Å². The standard InChI is InChI=1S/C10H11BrN6/c1-5-4-6(2-3-7(5)11)14-15-8-9(12)16-17-10(8)13/h2-4H,1H3,(H5,12,13,16,17). The summed E-state index contributed by atoms with van der Waals surface area (Å²) in [5.74, 6) is 0.542. The Hall–Kier alpha value is -1.89. The molecule has 1 heterocycles. The summed E-state index contributed by atoms with van der Waals surface area (Å²) >= 11 is 3.42. The number of halogens is 1. The number of rotatable bonds is 2. The summed E-state index contributed by atoms with van der Waals surface area (Å²) in [5.41, 5.74) is 13.3. The number of aryl methyl sites for hydroxylation is 1. The Morgan fingerprint density at radius 3 is 2.65 bits per heavy atom. The largest absolute Gasteiger partial charge is 0.382 e.